The number of halogens is 4. The molecule has 7 rings (SSSR count). The van der Waals surface area contributed by atoms with Crippen LogP contribution in [-0.2, 0) is 33.4 Å². The van der Waals surface area contributed by atoms with Crippen LogP contribution < -0.4 is 4.90 Å². The van der Waals surface area contributed by atoms with Crippen LogP contribution in [0.3, 0.4) is 0 Å². The minimum Gasteiger partial charge on any atom is -0.317 e. The largest absolute Gasteiger partial charge is 0.416 e. The molecule has 1 aliphatic carbocycles. The first-order valence-electron chi connectivity index (χ1n) is 13.3. The summed E-state index contributed by atoms with van der Waals surface area (Å²) in [5, 5.41) is 12.6. The summed E-state index contributed by atoms with van der Waals surface area (Å²) in [6, 6.07) is 6.08. The predicted molar refractivity (Wildman–Crippen MR) is 145 cm³/mol. The van der Waals surface area contributed by atoms with Crippen LogP contribution in [0.5, 0.6) is 0 Å². The van der Waals surface area contributed by atoms with Crippen LogP contribution in [0.1, 0.15) is 46.3 Å². The first-order chi connectivity index (χ1) is 19.5. The van der Waals surface area contributed by atoms with Crippen molar-refractivity contribution in [3.05, 3.63) is 64.2 Å². The number of fused-ring (bicyclic) bond motifs is 1. The topological polar surface area (TPSA) is 85.0 Å². The van der Waals surface area contributed by atoms with Gasteiger partial charge in [0.15, 0.2) is 5.82 Å². The van der Waals surface area contributed by atoms with Crippen LogP contribution in [0, 0.1) is 5.41 Å². The lowest BCUT2D eigenvalue weighted by Gasteiger charge is -2.18. The molecule has 4 aromatic rings. The average molecular weight is 583 g/mol. The second kappa shape index (κ2) is 9.12. The Kier molecular flexibility index (Phi) is 5.81. The minimum atomic E-state index is -4.61. The SMILES string of the molecule is Cn1cnnc1-c1cnn(C)c1-c1cc(Cl)nc(N2Cc3c(cc(CN4CCC5(CC5)C4)cc3C(F)(F)F)C2=O)c1. The molecule has 3 aliphatic rings. The highest BCUT2D eigenvalue weighted by atomic mass is 35.5. The van der Waals surface area contributed by atoms with E-state index in [-0.39, 0.29) is 28.6 Å². The maximum Gasteiger partial charge on any atom is 0.416 e. The van der Waals surface area contributed by atoms with Crippen molar-refractivity contribution in [1.82, 2.24) is 34.4 Å². The number of anilines is 1. The van der Waals surface area contributed by atoms with E-state index in [1.54, 1.807) is 54.1 Å². The monoisotopic (exact) mass is 582 g/mol. The fraction of sp³-hybridized carbons (Fsp3) is 0.393. The second-order valence-corrected chi connectivity index (χ2v) is 11.7. The van der Waals surface area contributed by atoms with Gasteiger partial charge in [0.1, 0.15) is 17.3 Å². The van der Waals surface area contributed by atoms with E-state index in [1.165, 1.54) is 23.8 Å². The number of carbonyl (C=O) groups excluding carboxylic acids is 1. The smallest absolute Gasteiger partial charge is 0.317 e. The zero-order valence-electron chi connectivity index (χ0n) is 22.4. The van der Waals surface area contributed by atoms with Crippen LogP contribution in [0.25, 0.3) is 22.6 Å². The second-order valence-electron chi connectivity index (χ2n) is 11.4. The predicted octanol–water partition coefficient (Wildman–Crippen LogP) is 5.10. The van der Waals surface area contributed by atoms with Crippen LogP contribution in [-0.4, -0.2) is 53.4 Å². The third-order valence-corrected chi connectivity index (χ3v) is 8.70. The first kappa shape index (κ1) is 26.1. The van der Waals surface area contributed by atoms with E-state index in [0.717, 1.165) is 19.5 Å². The number of nitrogens with zero attached hydrogens (tertiary/aromatic N) is 8. The molecule has 2 aliphatic heterocycles. The zero-order chi connectivity index (χ0) is 28.7. The molecule has 1 saturated heterocycles. The lowest BCUT2D eigenvalue weighted by molar-refractivity contribution is -0.138. The lowest BCUT2D eigenvalue weighted by atomic mass is 9.98. The lowest BCUT2D eigenvalue weighted by Crippen LogP contribution is -2.24. The molecule has 0 bridgehead atoms. The van der Waals surface area contributed by atoms with E-state index < -0.39 is 17.6 Å². The molecular weight excluding hydrogens is 557 g/mol. The van der Waals surface area contributed by atoms with E-state index in [2.05, 4.69) is 25.2 Å². The standard InChI is InChI=1S/C28H26ClF3N8O/c1-37-15-33-36-25(37)19-11-34-38(2)24(19)17-9-22(29)35-23(10-17)40-13-20-18(26(40)41)7-16(8-21(20)28(30,31)32)12-39-6-5-27(14-39)3-4-27/h7-11,15H,3-6,12-14H2,1-2H3. The summed E-state index contributed by atoms with van der Waals surface area (Å²) >= 11 is 6.42. The van der Waals surface area contributed by atoms with Crippen molar-refractivity contribution in [3.63, 3.8) is 0 Å². The molecule has 0 N–H and O–H groups in total. The molecule has 2 fully saturated rings. The Balaban J connectivity index is 1.25. The molecule has 41 heavy (non-hydrogen) atoms. The number of aryl methyl sites for hydroxylation is 2. The number of amides is 1. The number of likely N-dealkylation sites (tertiary alicyclic amines) is 1. The Bertz CT molecular complexity index is 1710. The quantitative estimate of drug-likeness (QED) is 0.305. The molecule has 1 saturated carbocycles. The van der Waals surface area contributed by atoms with Gasteiger partial charge in [0.05, 0.1) is 29.6 Å². The van der Waals surface area contributed by atoms with Crippen molar-refractivity contribution >= 4 is 23.3 Å². The van der Waals surface area contributed by atoms with Gasteiger partial charge in [-0.25, -0.2) is 4.98 Å². The third-order valence-electron chi connectivity index (χ3n) is 8.51. The number of alkyl halides is 3. The van der Waals surface area contributed by atoms with Gasteiger partial charge >= 0.3 is 6.18 Å². The molecule has 1 spiro atoms. The Morgan fingerprint density at radius 3 is 2.56 bits per heavy atom. The summed E-state index contributed by atoms with van der Waals surface area (Å²) in [5.74, 6) is 0.190. The van der Waals surface area contributed by atoms with Crippen LogP contribution in [0.2, 0.25) is 5.15 Å². The van der Waals surface area contributed by atoms with Gasteiger partial charge < -0.3 is 4.57 Å². The summed E-state index contributed by atoms with van der Waals surface area (Å²) in [4.78, 5) is 21.5. The summed E-state index contributed by atoms with van der Waals surface area (Å²) < 4.78 is 46.3. The molecule has 212 valence electrons. The summed E-state index contributed by atoms with van der Waals surface area (Å²) in [7, 11) is 3.56. The molecule has 0 atom stereocenters. The fourth-order valence-electron chi connectivity index (χ4n) is 6.23. The number of aromatic nitrogens is 6. The van der Waals surface area contributed by atoms with Gasteiger partial charge in [-0.15, -0.1) is 10.2 Å². The number of hydrogen-bond acceptors (Lipinski definition) is 6. The molecule has 0 unspecified atom stereocenters. The molecule has 3 aromatic heterocycles. The highest BCUT2D eigenvalue weighted by Crippen LogP contribution is 2.53. The van der Waals surface area contributed by atoms with Crippen molar-refractivity contribution in [2.24, 2.45) is 19.5 Å². The molecule has 5 heterocycles. The van der Waals surface area contributed by atoms with Gasteiger partial charge in [0.25, 0.3) is 5.91 Å². The third kappa shape index (κ3) is 4.49. The molecule has 1 aromatic carbocycles. The number of benzene rings is 1. The van der Waals surface area contributed by atoms with Crippen molar-refractivity contribution in [1.29, 1.82) is 0 Å². The van der Waals surface area contributed by atoms with Crippen molar-refractivity contribution in [3.8, 4) is 22.6 Å². The van der Waals surface area contributed by atoms with E-state index in [1.807, 2.05) is 0 Å². The number of rotatable bonds is 5. The Labute approximate surface area is 238 Å². The van der Waals surface area contributed by atoms with Gasteiger partial charge in [-0.1, -0.05) is 11.6 Å². The van der Waals surface area contributed by atoms with Gasteiger partial charge in [-0.2, -0.15) is 18.3 Å². The Morgan fingerprint density at radius 1 is 1.07 bits per heavy atom. The van der Waals surface area contributed by atoms with Crippen molar-refractivity contribution < 1.29 is 18.0 Å². The van der Waals surface area contributed by atoms with E-state index in [9.17, 15) is 18.0 Å². The van der Waals surface area contributed by atoms with Crippen molar-refractivity contribution in [2.75, 3.05) is 18.0 Å². The number of pyridine rings is 1. The molecule has 0 radical (unpaired) electrons. The fourth-order valence-corrected chi connectivity index (χ4v) is 6.44. The average Bonchev–Trinajstić information content (AvgIpc) is 3.22. The summed E-state index contributed by atoms with van der Waals surface area (Å²) in [6.45, 7) is 1.88. The van der Waals surface area contributed by atoms with Crippen LogP contribution in [0.4, 0.5) is 19.0 Å². The van der Waals surface area contributed by atoms with Gasteiger partial charge in [-0.3, -0.25) is 19.3 Å². The van der Waals surface area contributed by atoms with Gasteiger partial charge in [0.2, 0.25) is 0 Å². The zero-order valence-corrected chi connectivity index (χ0v) is 23.2. The highest BCUT2D eigenvalue weighted by Gasteiger charge is 2.47. The van der Waals surface area contributed by atoms with Crippen LogP contribution in [0.15, 0.2) is 36.8 Å². The van der Waals surface area contributed by atoms with Crippen molar-refractivity contribution in [2.45, 2.75) is 38.5 Å². The van der Waals surface area contributed by atoms with Gasteiger partial charge in [0, 0.05) is 38.3 Å². The number of carbonyl (C=O) groups is 1. The first-order valence-corrected chi connectivity index (χ1v) is 13.7. The molecule has 13 heteroatoms. The maximum absolute atomic E-state index is 14.3. The number of hydrogen-bond donors (Lipinski definition) is 0. The van der Waals surface area contributed by atoms with Crippen LogP contribution >= 0.6 is 11.6 Å². The molecule has 1 amide bonds. The minimum absolute atomic E-state index is 0.0463. The molecular formula is C28H26ClF3N8O. The molecule has 9 nitrogen and oxygen atoms in total. The summed E-state index contributed by atoms with van der Waals surface area (Å²) in [5.41, 5.74) is 1.98. The van der Waals surface area contributed by atoms with E-state index in [4.69, 9.17) is 11.6 Å². The summed E-state index contributed by atoms with van der Waals surface area (Å²) in [6.07, 6.45) is 2.05. The normalized spacial score (nSPS) is 18.1. The highest BCUT2D eigenvalue weighted by molar-refractivity contribution is 6.30. The van der Waals surface area contributed by atoms with E-state index >= 15 is 0 Å². The Morgan fingerprint density at radius 2 is 1.88 bits per heavy atom. The van der Waals surface area contributed by atoms with Gasteiger partial charge in [-0.05, 0) is 66.6 Å². The Hall–Kier alpha value is -3.77. The maximum atomic E-state index is 14.3. The van der Waals surface area contributed by atoms with E-state index in [0.29, 0.717) is 40.2 Å².